The lowest BCUT2D eigenvalue weighted by Gasteiger charge is -2.26. The second-order valence-corrected chi connectivity index (χ2v) is 9.51. The van der Waals surface area contributed by atoms with E-state index in [-0.39, 0.29) is 48.2 Å². The van der Waals surface area contributed by atoms with Gasteiger partial charge in [0.25, 0.3) is 5.56 Å². The minimum absolute atomic E-state index is 0.143. The second kappa shape index (κ2) is 11.2. The number of nitrogens with one attached hydrogen (secondary N) is 2. The molecule has 0 aliphatic heterocycles. The monoisotopic (exact) mass is 562 g/mol. The van der Waals surface area contributed by atoms with E-state index in [1.807, 2.05) is 0 Å². The summed E-state index contributed by atoms with van der Waals surface area (Å²) < 4.78 is 35.2. The van der Waals surface area contributed by atoms with Gasteiger partial charge in [-0.15, -0.1) is 0 Å². The summed E-state index contributed by atoms with van der Waals surface area (Å²) in [6.45, 7) is 0.819. The Morgan fingerprint density at radius 2 is 1.80 bits per heavy atom. The number of halogens is 2. The van der Waals surface area contributed by atoms with Gasteiger partial charge in [-0.2, -0.15) is 14.9 Å². The van der Waals surface area contributed by atoms with E-state index in [2.05, 4.69) is 25.6 Å². The van der Waals surface area contributed by atoms with Gasteiger partial charge in [0.1, 0.15) is 17.0 Å². The highest BCUT2D eigenvalue weighted by Gasteiger charge is 2.26. The number of aliphatic hydroxyl groups is 2. The zero-order valence-corrected chi connectivity index (χ0v) is 21.6. The molecule has 0 fully saturated rings. The number of carbonyl (C=O) groups is 1. The van der Waals surface area contributed by atoms with Gasteiger partial charge in [0.05, 0.1) is 30.0 Å². The Labute approximate surface area is 231 Å². The van der Waals surface area contributed by atoms with Gasteiger partial charge in [-0.05, 0) is 55.0 Å². The van der Waals surface area contributed by atoms with Crippen LogP contribution in [0, 0.1) is 11.6 Å². The maximum atomic E-state index is 15.1. The molecule has 13 heteroatoms. The molecule has 0 atom stereocenters. The second-order valence-electron chi connectivity index (χ2n) is 9.51. The molecule has 0 aliphatic rings. The Kier molecular flexibility index (Phi) is 7.55. The lowest BCUT2D eigenvalue weighted by atomic mass is 10.0. The highest BCUT2D eigenvalue weighted by Crippen LogP contribution is 2.35. The van der Waals surface area contributed by atoms with E-state index in [0.717, 1.165) is 10.7 Å². The van der Waals surface area contributed by atoms with Crippen molar-refractivity contribution < 1.29 is 28.5 Å². The van der Waals surface area contributed by atoms with Crippen molar-refractivity contribution in [3.8, 4) is 17.2 Å². The van der Waals surface area contributed by atoms with E-state index in [0.29, 0.717) is 16.6 Å². The lowest BCUT2D eigenvalue weighted by molar-refractivity contribution is 0.0990. The molecule has 11 nitrogen and oxygen atoms in total. The molecule has 3 aromatic heterocycles. The summed E-state index contributed by atoms with van der Waals surface area (Å²) in [5, 5.41) is 33.4. The summed E-state index contributed by atoms with van der Waals surface area (Å²) in [6, 6.07) is 11.8. The fraction of sp³-hybridized carbons (Fsp3) is 0.179. The molecule has 0 radical (unpaired) electrons. The van der Waals surface area contributed by atoms with Crippen LogP contribution in [0.4, 0.5) is 14.6 Å². The molecule has 0 unspecified atom stereocenters. The number of carbonyl (C=O) groups excluding carboxylic acids is 1. The van der Waals surface area contributed by atoms with Crippen molar-refractivity contribution in [1.82, 2.24) is 25.0 Å². The van der Waals surface area contributed by atoms with Crippen LogP contribution in [0.1, 0.15) is 22.8 Å². The molecule has 0 saturated heterocycles. The number of aromatic amines is 1. The van der Waals surface area contributed by atoms with Crippen LogP contribution >= 0.6 is 0 Å². The van der Waals surface area contributed by atoms with Crippen LogP contribution in [0.15, 0.2) is 71.8 Å². The molecule has 5 aromatic rings. The van der Waals surface area contributed by atoms with Crippen LogP contribution in [0.25, 0.3) is 16.7 Å². The van der Waals surface area contributed by atoms with Gasteiger partial charge in [0.15, 0.2) is 28.8 Å². The summed E-state index contributed by atoms with van der Waals surface area (Å²) in [4.78, 5) is 30.0. The van der Waals surface area contributed by atoms with Gasteiger partial charge < -0.3 is 20.3 Å². The maximum absolute atomic E-state index is 15.1. The van der Waals surface area contributed by atoms with Crippen LogP contribution < -0.4 is 15.6 Å². The van der Waals surface area contributed by atoms with E-state index in [1.165, 1.54) is 60.9 Å². The number of nitrogens with zero attached hydrogens (tertiary/aromatic N) is 4. The Bertz CT molecular complexity index is 1780. The number of hydrogen-bond donors (Lipinski definition) is 4. The number of ketones is 1. The predicted molar refractivity (Wildman–Crippen MR) is 144 cm³/mol. The maximum Gasteiger partial charge on any atom is 0.282 e. The number of aromatic nitrogens is 5. The molecule has 2 aromatic carbocycles. The van der Waals surface area contributed by atoms with Crippen molar-refractivity contribution in [3.05, 3.63) is 100 Å². The first-order chi connectivity index (χ1) is 19.7. The molecule has 0 amide bonds. The molecule has 41 heavy (non-hydrogen) atoms. The van der Waals surface area contributed by atoms with Crippen LogP contribution in [-0.4, -0.2) is 59.7 Å². The summed E-state index contributed by atoms with van der Waals surface area (Å²) in [5.41, 5.74) is -1.01. The van der Waals surface area contributed by atoms with Crippen LogP contribution in [0.5, 0.6) is 11.5 Å². The van der Waals surface area contributed by atoms with E-state index in [9.17, 15) is 24.2 Å². The van der Waals surface area contributed by atoms with Crippen molar-refractivity contribution in [2.75, 3.05) is 18.5 Å². The van der Waals surface area contributed by atoms with Crippen molar-refractivity contribution in [1.29, 1.82) is 0 Å². The van der Waals surface area contributed by atoms with E-state index in [1.54, 1.807) is 6.92 Å². The molecule has 4 N–H and O–H groups in total. The largest absolute Gasteiger partial charge is 0.453 e. The summed E-state index contributed by atoms with van der Waals surface area (Å²) in [6.07, 6.45) is 2.46. The summed E-state index contributed by atoms with van der Waals surface area (Å²) in [5.74, 6) is -1.50. The average molecular weight is 563 g/mol. The fourth-order valence-electron chi connectivity index (χ4n) is 4.04. The molecule has 0 bridgehead atoms. The average Bonchev–Trinajstić information content (AvgIpc) is 3.38. The van der Waals surface area contributed by atoms with Crippen LogP contribution in [-0.2, 0) is 6.42 Å². The van der Waals surface area contributed by atoms with Gasteiger partial charge in [0.2, 0.25) is 0 Å². The standard InChI is InChI=1S/C28H24F2N6O5/c1-28(14-37,15-38)33-26-24-23(9-10-31-25(24)34-35-26)41-22-7-2-16(12-20(22)30)13-21(39)19-8-11-32-36(27(19)40)18-5-3-17(29)4-6-18/h2-12,37-38H,13-15H2,1H3,(H2,31,33,34,35). The minimum Gasteiger partial charge on any atom is -0.453 e. The Morgan fingerprint density at radius 1 is 1.05 bits per heavy atom. The molecule has 0 saturated carbocycles. The first-order valence-corrected chi connectivity index (χ1v) is 12.4. The van der Waals surface area contributed by atoms with Gasteiger partial charge >= 0.3 is 0 Å². The summed E-state index contributed by atoms with van der Waals surface area (Å²) in [7, 11) is 0. The first kappa shape index (κ1) is 27.6. The van der Waals surface area contributed by atoms with Gasteiger partial charge in [-0.1, -0.05) is 6.07 Å². The minimum atomic E-state index is -1.09. The third kappa shape index (κ3) is 5.66. The molecule has 3 heterocycles. The number of H-pyrrole nitrogens is 1. The predicted octanol–water partition coefficient (Wildman–Crippen LogP) is 3.15. The number of pyridine rings is 1. The first-order valence-electron chi connectivity index (χ1n) is 12.4. The number of anilines is 1. The number of aliphatic hydroxyl groups excluding tert-OH is 2. The molecule has 210 valence electrons. The fourth-order valence-corrected chi connectivity index (χ4v) is 4.04. The molecular formula is C28H24F2N6O5. The number of rotatable bonds is 10. The topological polar surface area (TPSA) is 155 Å². The number of Topliss-reactive ketones (excluding diaryl/α,β-unsaturated/α-hetero) is 1. The Balaban J connectivity index is 1.37. The van der Waals surface area contributed by atoms with Gasteiger partial charge in [-0.25, -0.2) is 13.8 Å². The normalized spacial score (nSPS) is 11.5. The molecular weight excluding hydrogens is 538 g/mol. The molecule has 0 aliphatic carbocycles. The zero-order valence-electron chi connectivity index (χ0n) is 21.6. The number of benzene rings is 2. The van der Waals surface area contributed by atoms with Crippen molar-refractivity contribution >= 4 is 22.6 Å². The van der Waals surface area contributed by atoms with Crippen LogP contribution in [0.3, 0.4) is 0 Å². The lowest BCUT2D eigenvalue weighted by Crippen LogP contribution is -2.42. The highest BCUT2D eigenvalue weighted by atomic mass is 19.1. The van der Waals surface area contributed by atoms with Crippen molar-refractivity contribution in [2.45, 2.75) is 18.9 Å². The van der Waals surface area contributed by atoms with E-state index >= 15 is 4.39 Å². The Hall–Kier alpha value is -5.01. The zero-order chi connectivity index (χ0) is 29.1. The third-order valence-electron chi connectivity index (χ3n) is 6.34. The number of ether oxygens (including phenoxy) is 1. The molecule has 5 rings (SSSR count). The molecule has 0 spiro atoms. The highest BCUT2D eigenvalue weighted by molar-refractivity contribution is 5.97. The third-order valence-corrected chi connectivity index (χ3v) is 6.34. The van der Waals surface area contributed by atoms with Gasteiger partial charge in [0, 0.05) is 24.9 Å². The van der Waals surface area contributed by atoms with E-state index < -0.39 is 28.5 Å². The van der Waals surface area contributed by atoms with Gasteiger partial charge in [-0.3, -0.25) is 14.7 Å². The number of fused-ring (bicyclic) bond motifs is 1. The SMILES string of the molecule is CC(CO)(CO)Nc1n[nH]c2nccc(Oc3ccc(CC(=O)c4ccnn(-c5ccc(F)cc5)c4=O)cc3F)c12. The van der Waals surface area contributed by atoms with Crippen molar-refractivity contribution in [3.63, 3.8) is 0 Å². The smallest absolute Gasteiger partial charge is 0.282 e. The quantitative estimate of drug-likeness (QED) is 0.188. The van der Waals surface area contributed by atoms with Crippen molar-refractivity contribution in [2.24, 2.45) is 0 Å². The Morgan fingerprint density at radius 3 is 2.51 bits per heavy atom. The van der Waals surface area contributed by atoms with E-state index in [4.69, 9.17) is 4.74 Å². The number of hydrogen-bond acceptors (Lipinski definition) is 9. The van der Waals surface area contributed by atoms with Crippen LogP contribution in [0.2, 0.25) is 0 Å². The summed E-state index contributed by atoms with van der Waals surface area (Å²) >= 11 is 0.